The molecule has 3 atom stereocenters. The average molecular weight is 538 g/mol. The third kappa shape index (κ3) is 5.10. The minimum absolute atomic E-state index is 0.0139. The molecule has 0 radical (unpaired) electrons. The van der Waals surface area contributed by atoms with E-state index in [1.807, 2.05) is 20.8 Å². The van der Waals surface area contributed by atoms with E-state index >= 15 is 0 Å². The predicted octanol–water partition coefficient (Wildman–Crippen LogP) is 2.89. The van der Waals surface area contributed by atoms with E-state index in [-0.39, 0.29) is 52.1 Å². The van der Waals surface area contributed by atoms with Crippen LogP contribution in [0.4, 0.5) is 0 Å². The summed E-state index contributed by atoms with van der Waals surface area (Å²) >= 11 is 1.53. The van der Waals surface area contributed by atoms with Crippen molar-refractivity contribution in [2.75, 3.05) is 0 Å². The molecule has 0 spiro atoms. The summed E-state index contributed by atoms with van der Waals surface area (Å²) in [5.41, 5.74) is 1.60. The van der Waals surface area contributed by atoms with Crippen LogP contribution >= 0.6 is 11.8 Å². The normalized spacial score (nSPS) is 22.4. The number of hydrogen-bond acceptors (Lipinski definition) is 10. The lowest BCUT2D eigenvalue weighted by molar-refractivity contribution is 0.0746. The van der Waals surface area contributed by atoms with E-state index < -0.39 is 4.93 Å². The molecule has 3 aromatic heterocycles. The summed E-state index contributed by atoms with van der Waals surface area (Å²) in [4.78, 5) is 16.3. The number of nitrogens with zero attached hydrogens (tertiary/aromatic N) is 4. The van der Waals surface area contributed by atoms with E-state index in [0.717, 1.165) is 23.9 Å². The number of aliphatic hydroxyl groups is 1. The predicted molar refractivity (Wildman–Crippen MR) is 140 cm³/mol. The fourth-order valence-corrected chi connectivity index (χ4v) is 5.84. The highest BCUT2D eigenvalue weighted by molar-refractivity contribution is 8.08. The second-order valence-electron chi connectivity index (χ2n) is 10.7. The number of carbonyl (C=O) groups excluding carboxylic acids is 1. The van der Waals surface area contributed by atoms with Crippen molar-refractivity contribution >= 4 is 23.5 Å². The van der Waals surface area contributed by atoms with Crippen LogP contribution in [0.1, 0.15) is 73.1 Å². The van der Waals surface area contributed by atoms with Gasteiger partial charge in [-0.1, -0.05) is 32.3 Å². The largest absolute Gasteiger partial charge is 0.470 e. The number of carbonyl (C=O) groups is 1. The van der Waals surface area contributed by atoms with Gasteiger partial charge < -0.3 is 19.7 Å². The van der Waals surface area contributed by atoms with Crippen LogP contribution < -0.4 is 15.5 Å². The van der Waals surface area contributed by atoms with Gasteiger partial charge in [-0.3, -0.25) is 20.6 Å². The van der Waals surface area contributed by atoms with Crippen LogP contribution in [-0.4, -0.2) is 53.0 Å². The number of rotatable bonds is 6. The van der Waals surface area contributed by atoms with Gasteiger partial charge in [0.1, 0.15) is 22.8 Å². The fourth-order valence-electron chi connectivity index (χ4n) is 4.54. The van der Waals surface area contributed by atoms with Gasteiger partial charge in [-0.25, -0.2) is 0 Å². The Kier molecular flexibility index (Phi) is 6.64. The van der Waals surface area contributed by atoms with Crippen LogP contribution in [0.15, 0.2) is 35.0 Å². The van der Waals surface area contributed by atoms with Gasteiger partial charge in [-0.2, -0.15) is 4.68 Å². The summed E-state index contributed by atoms with van der Waals surface area (Å²) in [5, 5.41) is 39.0. The maximum Gasteiger partial charge on any atom is 0.253 e. The minimum Gasteiger partial charge on any atom is -0.470 e. The Morgan fingerprint density at radius 1 is 1.34 bits per heavy atom. The first-order chi connectivity index (χ1) is 18.0. The van der Waals surface area contributed by atoms with Crippen LogP contribution in [0, 0.1) is 17.7 Å². The number of pyridine rings is 1. The molecule has 38 heavy (non-hydrogen) atoms. The van der Waals surface area contributed by atoms with Gasteiger partial charge in [0.2, 0.25) is 5.88 Å². The van der Waals surface area contributed by atoms with Crippen molar-refractivity contribution in [1.82, 2.24) is 25.2 Å². The highest BCUT2D eigenvalue weighted by Crippen LogP contribution is 2.59. The molecule has 11 nitrogen and oxygen atoms in total. The summed E-state index contributed by atoms with van der Waals surface area (Å²) in [7, 11) is 0. The molecule has 200 valence electrons. The maximum absolute atomic E-state index is 12.8. The monoisotopic (exact) mass is 537 g/mol. The van der Waals surface area contributed by atoms with Crippen molar-refractivity contribution in [2.24, 2.45) is 0 Å². The molecule has 4 heterocycles. The first kappa shape index (κ1) is 26.1. The van der Waals surface area contributed by atoms with Gasteiger partial charge >= 0.3 is 0 Å². The standard InChI is InChI=1S/C26H31N7O4S/c1-14-10-18(32-37-14)22(28)33-21(27)11-17(25(2,3)4)24(31-33)36-13-16-9-8-15(12-29-16)23(34)30-19-6-5-7-20-26(19,35)38-20/h8-12,19-20,27-28,35H,5-7,13H2,1-4H3,(H,30,34)/t19-,20?,26-/m0/s1. The van der Waals surface area contributed by atoms with Crippen LogP contribution in [-0.2, 0) is 12.0 Å². The molecule has 1 aliphatic carbocycles. The molecular weight excluding hydrogens is 506 g/mol. The molecule has 1 saturated carbocycles. The van der Waals surface area contributed by atoms with Gasteiger partial charge in [-0.05, 0) is 43.4 Å². The quantitative estimate of drug-likeness (QED) is 0.212. The van der Waals surface area contributed by atoms with Crippen LogP contribution in [0.2, 0.25) is 0 Å². The van der Waals surface area contributed by atoms with Gasteiger partial charge in [0.15, 0.2) is 11.5 Å². The molecular formula is C26H31N7O4S. The zero-order chi connectivity index (χ0) is 27.2. The van der Waals surface area contributed by atoms with Crippen molar-refractivity contribution in [2.45, 2.75) is 75.2 Å². The number of aromatic nitrogens is 4. The van der Waals surface area contributed by atoms with E-state index in [4.69, 9.17) is 20.1 Å². The number of amides is 1. The van der Waals surface area contributed by atoms with Gasteiger partial charge in [-0.15, -0.1) is 16.9 Å². The topological polar surface area (TPSA) is 163 Å². The van der Waals surface area contributed by atoms with E-state index in [9.17, 15) is 9.90 Å². The Hall–Kier alpha value is -3.51. The Morgan fingerprint density at radius 2 is 2.13 bits per heavy atom. The maximum atomic E-state index is 12.8. The molecule has 1 aliphatic heterocycles. The fraction of sp³-hybridized carbons (Fsp3) is 0.462. The lowest BCUT2D eigenvalue weighted by Crippen LogP contribution is -2.48. The highest BCUT2D eigenvalue weighted by atomic mass is 32.2. The van der Waals surface area contributed by atoms with E-state index in [1.165, 1.54) is 18.0 Å². The van der Waals surface area contributed by atoms with Crippen molar-refractivity contribution in [1.29, 1.82) is 10.8 Å². The Morgan fingerprint density at radius 3 is 2.79 bits per heavy atom. The number of aryl methyl sites for hydroxylation is 1. The summed E-state index contributed by atoms with van der Waals surface area (Å²) in [5.74, 6) is 0.448. The summed E-state index contributed by atoms with van der Waals surface area (Å²) < 4.78 is 12.2. The summed E-state index contributed by atoms with van der Waals surface area (Å²) in [6.07, 6.45) is 4.23. The molecule has 1 amide bonds. The van der Waals surface area contributed by atoms with Crippen LogP contribution in [0.5, 0.6) is 5.88 Å². The molecule has 3 aromatic rings. The molecule has 12 heteroatoms. The number of ether oxygens (including phenoxy) is 1. The molecule has 4 N–H and O–H groups in total. The lowest BCUT2D eigenvalue weighted by atomic mass is 9.88. The third-order valence-corrected chi connectivity index (χ3v) is 8.34. The van der Waals surface area contributed by atoms with Crippen molar-refractivity contribution < 1.29 is 19.2 Å². The number of nitrogens with one attached hydrogen (secondary N) is 3. The highest BCUT2D eigenvalue weighted by Gasteiger charge is 2.61. The van der Waals surface area contributed by atoms with Gasteiger partial charge in [0.25, 0.3) is 5.91 Å². The van der Waals surface area contributed by atoms with E-state index in [2.05, 4.69) is 20.6 Å². The molecule has 2 aliphatic rings. The summed E-state index contributed by atoms with van der Waals surface area (Å²) in [6.45, 7) is 7.77. The smallest absolute Gasteiger partial charge is 0.253 e. The first-order valence-corrected chi connectivity index (χ1v) is 13.3. The summed E-state index contributed by atoms with van der Waals surface area (Å²) in [6, 6.07) is 6.37. The minimum atomic E-state index is -0.832. The second kappa shape index (κ2) is 9.66. The third-order valence-electron chi connectivity index (χ3n) is 6.76. The number of thioether (sulfide) groups is 1. The van der Waals surface area contributed by atoms with E-state index in [0.29, 0.717) is 22.6 Å². The van der Waals surface area contributed by atoms with Crippen molar-refractivity contribution in [3.63, 3.8) is 0 Å². The van der Waals surface area contributed by atoms with Crippen LogP contribution in [0.3, 0.4) is 0 Å². The second-order valence-corrected chi connectivity index (χ2v) is 12.2. The molecule has 1 unspecified atom stereocenters. The zero-order valence-electron chi connectivity index (χ0n) is 21.7. The number of hydrogen-bond donors (Lipinski definition) is 4. The number of fused-ring (bicyclic) bond motifs is 1. The first-order valence-electron chi connectivity index (χ1n) is 12.5. The Balaban J connectivity index is 1.31. The molecule has 0 aromatic carbocycles. The van der Waals surface area contributed by atoms with Gasteiger partial charge in [0.05, 0.1) is 17.3 Å². The zero-order valence-corrected chi connectivity index (χ0v) is 22.6. The lowest BCUT2D eigenvalue weighted by Gasteiger charge is -2.27. The van der Waals surface area contributed by atoms with Crippen LogP contribution in [0.25, 0.3) is 0 Å². The SMILES string of the molecule is Cc1cc(C(=N)n2nc(OCc3ccc(C(=O)N[C@H]4CCCC5S[C@]54O)cn3)c(C(C)(C)C)cc2=N)no1. The van der Waals surface area contributed by atoms with Crippen molar-refractivity contribution in [3.8, 4) is 5.88 Å². The molecule has 1 saturated heterocycles. The average Bonchev–Trinajstić information content (AvgIpc) is 3.38. The molecule has 5 rings (SSSR count). The van der Waals surface area contributed by atoms with Gasteiger partial charge in [0, 0.05) is 23.1 Å². The molecule has 0 bridgehead atoms. The Bertz CT molecular complexity index is 1440. The molecule has 2 fully saturated rings. The van der Waals surface area contributed by atoms with Crippen molar-refractivity contribution in [3.05, 3.63) is 64.2 Å². The van der Waals surface area contributed by atoms with E-state index in [1.54, 1.807) is 31.2 Å². The Labute approximate surface area is 224 Å².